The Labute approximate surface area is 156 Å². The van der Waals surface area contributed by atoms with E-state index >= 15 is 0 Å². The molecule has 2 aromatic carbocycles. The lowest BCUT2D eigenvalue weighted by Crippen LogP contribution is -2.27. The van der Waals surface area contributed by atoms with Crippen LogP contribution in [0.5, 0.6) is 11.5 Å². The average molecular weight is 369 g/mol. The molecule has 0 bridgehead atoms. The Morgan fingerprint density at radius 3 is 2.42 bits per heavy atom. The first-order valence-electron chi connectivity index (χ1n) is 8.04. The summed E-state index contributed by atoms with van der Waals surface area (Å²) in [4.78, 5) is 26.6. The first-order chi connectivity index (χ1) is 12.5. The Hall–Kier alpha value is -2.73. The minimum absolute atomic E-state index is 0.266. The Kier molecular flexibility index (Phi) is 5.32. The first kappa shape index (κ1) is 18.1. The van der Waals surface area contributed by atoms with E-state index in [9.17, 15) is 9.59 Å². The number of thioether (sulfide) groups is 1. The van der Waals surface area contributed by atoms with Gasteiger partial charge in [-0.25, -0.2) is 0 Å². The first-order valence-corrected chi connectivity index (χ1v) is 8.86. The maximum Gasteiger partial charge on any atom is 0.293 e. The van der Waals surface area contributed by atoms with Crippen LogP contribution in [0.25, 0.3) is 6.08 Å². The number of carbonyl (C=O) groups excluding carboxylic acids is 2. The summed E-state index contributed by atoms with van der Waals surface area (Å²) in [6, 6.07) is 13.1. The van der Waals surface area contributed by atoms with Crippen LogP contribution in [-0.2, 0) is 11.3 Å². The van der Waals surface area contributed by atoms with Gasteiger partial charge >= 0.3 is 0 Å². The molecule has 1 saturated heterocycles. The van der Waals surface area contributed by atoms with Crippen molar-refractivity contribution in [2.45, 2.75) is 13.5 Å². The number of benzene rings is 2. The van der Waals surface area contributed by atoms with E-state index in [0.29, 0.717) is 22.0 Å². The highest BCUT2D eigenvalue weighted by molar-refractivity contribution is 8.18. The number of rotatable bonds is 5. The van der Waals surface area contributed by atoms with Crippen molar-refractivity contribution in [1.29, 1.82) is 0 Å². The van der Waals surface area contributed by atoms with Gasteiger partial charge in [0, 0.05) is 11.6 Å². The van der Waals surface area contributed by atoms with E-state index in [2.05, 4.69) is 0 Å². The fourth-order valence-corrected chi connectivity index (χ4v) is 3.42. The molecular formula is C20H19NO4S. The van der Waals surface area contributed by atoms with Crippen LogP contribution >= 0.6 is 11.8 Å². The molecule has 0 N–H and O–H groups in total. The highest BCUT2D eigenvalue weighted by Crippen LogP contribution is 2.35. The van der Waals surface area contributed by atoms with Gasteiger partial charge in [0.25, 0.3) is 11.1 Å². The Morgan fingerprint density at radius 1 is 1.04 bits per heavy atom. The van der Waals surface area contributed by atoms with Crippen molar-refractivity contribution in [2.24, 2.45) is 0 Å². The van der Waals surface area contributed by atoms with E-state index in [1.807, 2.05) is 31.2 Å². The van der Waals surface area contributed by atoms with Gasteiger partial charge in [0.1, 0.15) is 11.5 Å². The summed E-state index contributed by atoms with van der Waals surface area (Å²) in [5.74, 6) is 0.944. The van der Waals surface area contributed by atoms with Gasteiger partial charge in [0.2, 0.25) is 0 Å². The van der Waals surface area contributed by atoms with Crippen molar-refractivity contribution in [3.63, 3.8) is 0 Å². The molecule has 0 aliphatic carbocycles. The molecule has 2 amide bonds. The topological polar surface area (TPSA) is 55.8 Å². The van der Waals surface area contributed by atoms with Gasteiger partial charge in [-0.15, -0.1) is 0 Å². The summed E-state index contributed by atoms with van der Waals surface area (Å²) in [6.07, 6.45) is 1.68. The Morgan fingerprint density at radius 2 is 1.77 bits per heavy atom. The monoisotopic (exact) mass is 369 g/mol. The highest BCUT2D eigenvalue weighted by atomic mass is 32.2. The summed E-state index contributed by atoms with van der Waals surface area (Å²) in [5.41, 5.74) is 2.77. The number of amides is 2. The smallest absolute Gasteiger partial charge is 0.293 e. The number of ether oxygens (including phenoxy) is 2. The third-order valence-electron chi connectivity index (χ3n) is 4.06. The maximum atomic E-state index is 12.7. The highest BCUT2D eigenvalue weighted by Gasteiger charge is 2.35. The molecule has 1 fully saturated rings. The second kappa shape index (κ2) is 7.66. The van der Waals surface area contributed by atoms with Crippen molar-refractivity contribution in [3.8, 4) is 11.5 Å². The normalized spacial score (nSPS) is 15.7. The van der Waals surface area contributed by atoms with Gasteiger partial charge in [-0.05, 0) is 42.5 Å². The van der Waals surface area contributed by atoms with Crippen LogP contribution in [0.15, 0.2) is 47.4 Å². The molecule has 0 saturated carbocycles. The summed E-state index contributed by atoms with van der Waals surface area (Å²) >= 11 is 0.940. The van der Waals surface area contributed by atoms with Gasteiger partial charge in [0.15, 0.2) is 0 Å². The molecule has 0 spiro atoms. The zero-order valence-electron chi connectivity index (χ0n) is 14.8. The molecule has 5 nitrogen and oxygen atoms in total. The molecule has 1 heterocycles. The third kappa shape index (κ3) is 3.75. The zero-order chi connectivity index (χ0) is 18.7. The van der Waals surface area contributed by atoms with Crippen molar-refractivity contribution >= 4 is 29.0 Å². The minimum atomic E-state index is -0.293. The molecule has 0 radical (unpaired) electrons. The van der Waals surface area contributed by atoms with Gasteiger partial charge in [-0.1, -0.05) is 29.8 Å². The molecule has 134 valence electrons. The summed E-state index contributed by atoms with van der Waals surface area (Å²) in [5, 5.41) is -0.269. The fourth-order valence-electron chi connectivity index (χ4n) is 2.59. The van der Waals surface area contributed by atoms with Crippen molar-refractivity contribution in [1.82, 2.24) is 4.90 Å². The molecular weight excluding hydrogens is 350 g/mol. The number of nitrogens with zero attached hydrogens (tertiary/aromatic N) is 1. The van der Waals surface area contributed by atoms with Crippen LogP contribution in [0.3, 0.4) is 0 Å². The van der Waals surface area contributed by atoms with Crippen molar-refractivity contribution in [3.05, 3.63) is 64.1 Å². The fraction of sp³-hybridized carbons (Fsp3) is 0.200. The number of hydrogen-bond donors (Lipinski definition) is 0. The standard InChI is InChI=1S/C20H19NO4S/c1-13-4-6-14(7-5-13)12-21-19(22)18(26-20(21)23)10-15-8-9-16(24-2)11-17(15)25-3/h4-11H,12H2,1-3H3/b18-10-. The molecule has 0 unspecified atom stereocenters. The van der Waals surface area contributed by atoms with Crippen LogP contribution in [0.1, 0.15) is 16.7 Å². The lowest BCUT2D eigenvalue weighted by molar-refractivity contribution is -0.123. The molecule has 6 heteroatoms. The number of hydrogen-bond acceptors (Lipinski definition) is 5. The molecule has 1 aliphatic rings. The van der Waals surface area contributed by atoms with Crippen molar-refractivity contribution < 1.29 is 19.1 Å². The second-order valence-electron chi connectivity index (χ2n) is 5.86. The van der Waals surface area contributed by atoms with Gasteiger partial charge < -0.3 is 9.47 Å². The van der Waals surface area contributed by atoms with Gasteiger partial charge in [0.05, 0.1) is 25.7 Å². The molecule has 26 heavy (non-hydrogen) atoms. The van der Waals surface area contributed by atoms with Crippen LogP contribution in [0.4, 0.5) is 4.79 Å². The van der Waals surface area contributed by atoms with Crippen LogP contribution in [0.2, 0.25) is 0 Å². The van der Waals surface area contributed by atoms with Crippen molar-refractivity contribution in [2.75, 3.05) is 14.2 Å². The summed E-state index contributed by atoms with van der Waals surface area (Å²) < 4.78 is 10.5. The lowest BCUT2D eigenvalue weighted by Gasteiger charge is -2.12. The average Bonchev–Trinajstić information content (AvgIpc) is 2.91. The van der Waals surface area contributed by atoms with Gasteiger partial charge in [-0.2, -0.15) is 0 Å². The molecule has 1 aliphatic heterocycles. The molecule has 0 atom stereocenters. The Balaban J connectivity index is 1.84. The van der Waals surface area contributed by atoms with Crippen LogP contribution in [0, 0.1) is 6.92 Å². The number of methoxy groups -OCH3 is 2. The van der Waals surface area contributed by atoms with Crippen LogP contribution < -0.4 is 9.47 Å². The molecule has 3 rings (SSSR count). The Bertz CT molecular complexity index is 874. The molecule has 2 aromatic rings. The van der Waals surface area contributed by atoms with Gasteiger partial charge in [-0.3, -0.25) is 14.5 Å². The predicted molar refractivity (Wildman–Crippen MR) is 102 cm³/mol. The van der Waals surface area contributed by atoms with E-state index in [1.54, 1.807) is 38.5 Å². The third-order valence-corrected chi connectivity index (χ3v) is 4.97. The summed E-state index contributed by atoms with van der Waals surface area (Å²) in [6.45, 7) is 2.26. The predicted octanol–water partition coefficient (Wildman–Crippen LogP) is 4.25. The number of carbonyl (C=O) groups is 2. The van der Waals surface area contributed by atoms with Crippen LogP contribution in [-0.4, -0.2) is 30.3 Å². The zero-order valence-corrected chi connectivity index (χ0v) is 15.6. The van der Waals surface area contributed by atoms with E-state index in [0.717, 1.165) is 22.9 Å². The SMILES string of the molecule is COc1ccc(/C=C2\SC(=O)N(Cc3ccc(C)cc3)C2=O)c(OC)c1. The van der Waals surface area contributed by atoms with E-state index < -0.39 is 0 Å². The maximum absolute atomic E-state index is 12.7. The summed E-state index contributed by atoms with van der Waals surface area (Å²) in [7, 11) is 3.13. The second-order valence-corrected chi connectivity index (χ2v) is 6.85. The lowest BCUT2D eigenvalue weighted by atomic mass is 10.1. The van der Waals surface area contributed by atoms with E-state index in [1.165, 1.54) is 4.90 Å². The number of imide groups is 1. The largest absolute Gasteiger partial charge is 0.497 e. The molecule has 0 aromatic heterocycles. The number of aryl methyl sites for hydroxylation is 1. The van der Waals surface area contributed by atoms with E-state index in [4.69, 9.17) is 9.47 Å². The minimum Gasteiger partial charge on any atom is -0.497 e. The quantitative estimate of drug-likeness (QED) is 0.738. The van der Waals surface area contributed by atoms with E-state index in [-0.39, 0.29) is 17.7 Å².